The Balaban J connectivity index is 2.85. The minimum absolute atomic E-state index is 0.0219. The third-order valence-electron chi connectivity index (χ3n) is 2.30. The summed E-state index contributed by atoms with van der Waals surface area (Å²) in [5, 5.41) is 6.89. The van der Waals surface area contributed by atoms with Crippen molar-refractivity contribution < 1.29 is 0 Å². The molecule has 86 valence electrons. The van der Waals surface area contributed by atoms with E-state index in [4.69, 9.17) is 4.98 Å². The summed E-state index contributed by atoms with van der Waals surface area (Å²) in [5.74, 6) is 0.518. The molecule has 1 aromatic rings. The van der Waals surface area contributed by atoms with Crippen molar-refractivity contribution in [1.82, 2.24) is 10.3 Å². The van der Waals surface area contributed by atoms with Gasteiger partial charge in [0.25, 0.3) is 0 Å². The number of hydrogen-bond donors (Lipinski definition) is 1. The molecule has 0 fully saturated rings. The van der Waals surface area contributed by atoms with Crippen LogP contribution in [-0.4, -0.2) is 11.0 Å². The average Bonchev–Trinajstić information content (AvgIpc) is 2.48. The molecular weight excluding hydrogens is 204 g/mol. The second-order valence-electron chi connectivity index (χ2n) is 5.16. The van der Waals surface area contributed by atoms with Crippen LogP contribution in [0.3, 0.4) is 0 Å². The molecule has 1 rings (SSSR count). The van der Waals surface area contributed by atoms with E-state index in [0.29, 0.717) is 12.0 Å². The van der Waals surface area contributed by atoms with Gasteiger partial charge in [-0.25, -0.2) is 4.98 Å². The van der Waals surface area contributed by atoms with Crippen LogP contribution in [0.2, 0.25) is 0 Å². The van der Waals surface area contributed by atoms with Crippen molar-refractivity contribution in [3.05, 3.63) is 16.1 Å². The van der Waals surface area contributed by atoms with Crippen LogP contribution in [0.15, 0.2) is 5.38 Å². The molecule has 1 N–H and O–H groups in total. The van der Waals surface area contributed by atoms with E-state index in [0.717, 1.165) is 0 Å². The Kier molecular flexibility index (Phi) is 3.90. The Morgan fingerprint density at radius 1 is 1.27 bits per heavy atom. The minimum Gasteiger partial charge on any atom is -0.304 e. The molecule has 3 heteroatoms. The zero-order valence-corrected chi connectivity index (χ0v) is 11.4. The van der Waals surface area contributed by atoms with Gasteiger partial charge in [0.1, 0.15) is 5.01 Å². The molecule has 2 nitrogen and oxygen atoms in total. The summed E-state index contributed by atoms with van der Waals surface area (Å²) < 4.78 is 0. The first-order chi connectivity index (χ1) is 6.83. The molecule has 0 unspecified atom stereocenters. The topological polar surface area (TPSA) is 24.9 Å². The Bertz CT molecular complexity index is 313. The highest BCUT2D eigenvalue weighted by Gasteiger charge is 2.24. The molecule has 0 aliphatic heterocycles. The number of nitrogens with one attached hydrogen (secondary N) is 1. The van der Waals surface area contributed by atoms with Gasteiger partial charge in [0, 0.05) is 11.4 Å². The van der Waals surface area contributed by atoms with Crippen LogP contribution in [0, 0.1) is 0 Å². The van der Waals surface area contributed by atoms with Crippen LogP contribution in [0.4, 0.5) is 0 Å². The van der Waals surface area contributed by atoms with Crippen molar-refractivity contribution in [3.8, 4) is 0 Å². The summed E-state index contributed by atoms with van der Waals surface area (Å²) in [4.78, 5) is 4.69. The Morgan fingerprint density at radius 2 is 1.87 bits per heavy atom. The molecular formula is C12H22N2S. The fourth-order valence-corrected chi connectivity index (χ4v) is 2.69. The van der Waals surface area contributed by atoms with Gasteiger partial charge >= 0.3 is 0 Å². The first-order valence-electron chi connectivity index (χ1n) is 5.56. The zero-order valence-electron chi connectivity index (χ0n) is 10.6. The molecule has 0 aliphatic carbocycles. The van der Waals surface area contributed by atoms with Gasteiger partial charge in [0.15, 0.2) is 0 Å². The largest absolute Gasteiger partial charge is 0.304 e. The van der Waals surface area contributed by atoms with Crippen molar-refractivity contribution in [2.75, 3.05) is 0 Å². The second-order valence-corrected chi connectivity index (χ2v) is 6.01. The SMILES string of the molecule is CC(C)NC(C)(C)c1nc(C(C)C)cs1. The number of hydrogen-bond acceptors (Lipinski definition) is 3. The third kappa shape index (κ3) is 3.28. The van der Waals surface area contributed by atoms with Crippen LogP contribution < -0.4 is 5.32 Å². The Labute approximate surface area is 97.1 Å². The summed E-state index contributed by atoms with van der Waals surface area (Å²) >= 11 is 1.75. The highest BCUT2D eigenvalue weighted by molar-refractivity contribution is 7.09. The predicted octanol–water partition coefficient (Wildman–Crippen LogP) is 3.50. The molecule has 0 bridgehead atoms. The molecule has 1 aromatic heterocycles. The lowest BCUT2D eigenvalue weighted by molar-refractivity contribution is 0.363. The van der Waals surface area contributed by atoms with E-state index in [2.05, 4.69) is 52.2 Å². The summed E-state index contributed by atoms with van der Waals surface area (Å²) in [5.41, 5.74) is 1.18. The van der Waals surface area contributed by atoms with E-state index < -0.39 is 0 Å². The second kappa shape index (κ2) is 4.62. The summed E-state index contributed by atoms with van der Waals surface area (Å²) in [6.07, 6.45) is 0. The molecule has 0 amide bonds. The number of thiazole rings is 1. The minimum atomic E-state index is -0.0219. The maximum absolute atomic E-state index is 4.69. The average molecular weight is 226 g/mol. The zero-order chi connectivity index (χ0) is 11.6. The van der Waals surface area contributed by atoms with Crippen LogP contribution in [0.25, 0.3) is 0 Å². The molecule has 0 radical (unpaired) electrons. The number of rotatable bonds is 4. The fraction of sp³-hybridized carbons (Fsp3) is 0.750. The molecule has 0 aromatic carbocycles. The third-order valence-corrected chi connectivity index (χ3v) is 3.48. The van der Waals surface area contributed by atoms with Crippen molar-refractivity contribution >= 4 is 11.3 Å². The smallest absolute Gasteiger partial charge is 0.112 e. The van der Waals surface area contributed by atoms with Crippen molar-refractivity contribution in [3.63, 3.8) is 0 Å². The van der Waals surface area contributed by atoms with Crippen molar-refractivity contribution in [2.45, 2.75) is 59.0 Å². The molecule has 15 heavy (non-hydrogen) atoms. The molecule has 1 heterocycles. The molecule has 0 saturated heterocycles. The first kappa shape index (κ1) is 12.7. The summed E-state index contributed by atoms with van der Waals surface area (Å²) in [6, 6.07) is 0.478. The van der Waals surface area contributed by atoms with Crippen molar-refractivity contribution in [1.29, 1.82) is 0 Å². The monoisotopic (exact) mass is 226 g/mol. The lowest BCUT2D eigenvalue weighted by Gasteiger charge is -2.26. The van der Waals surface area contributed by atoms with E-state index in [-0.39, 0.29) is 5.54 Å². The van der Waals surface area contributed by atoms with Gasteiger partial charge in [-0.15, -0.1) is 11.3 Å². The quantitative estimate of drug-likeness (QED) is 0.850. The van der Waals surface area contributed by atoms with Crippen molar-refractivity contribution in [2.24, 2.45) is 0 Å². The van der Waals surface area contributed by atoms with Gasteiger partial charge in [-0.1, -0.05) is 13.8 Å². The summed E-state index contributed by atoms with van der Waals surface area (Å²) in [6.45, 7) is 13.1. The van der Waals surface area contributed by atoms with Gasteiger partial charge in [-0.05, 0) is 33.6 Å². The van der Waals surface area contributed by atoms with E-state index in [1.165, 1.54) is 10.7 Å². The first-order valence-corrected chi connectivity index (χ1v) is 6.44. The molecule has 0 spiro atoms. The van der Waals surface area contributed by atoms with Crippen LogP contribution in [0.1, 0.15) is 58.2 Å². The van der Waals surface area contributed by atoms with E-state index in [1.54, 1.807) is 11.3 Å². The Hall–Kier alpha value is -0.410. The van der Waals surface area contributed by atoms with Crippen LogP contribution >= 0.6 is 11.3 Å². The predicted molar refractivity (Wildman–Crippen MR) is 67.5 cm³/mol. The Morgan fingerprint density at radius 3 is 2.27 bits per heavy atom. The van der Waals surface area contributed by atoms with Gasteiger partial charge < -0.3 is 5.32 Å². The van der Waals surface area contributed by atoms with E-state index >= 15 is 0 Å². The van der Waals surface area contributed by atoms with Crippen LogP contribution in [0.5, 0.6) is 0 Å². The maximum Gasteiger partial charge on any atom is 0.112 e. The number of aromatic nitrogens is 1. The lowest BCUT2D eigenvalue weighted by atomic mass is 10.1. The highest BCUT2D eigenvalue weighted by atomic mass is 32.1. The highest BCUT2D eigenvalue weighted by Crippen LogP contribution is 2.27. The van der Waals surface area contributed by atoms with E-state index in [9.17, 15) is 0 Å². The lowest BCUT2D eigenvalue weighted by Crippen LogP contribution is -2.40. The van der Waals surface area contributed by atoms with Gasteiger partial charge in [-0.3, -0.25) is 0 Å². The standard InChI is InChI=1S/C12H22N2S/c1-8(2)10-7-15-11(13-10)12(5,6)14-9(3)4/h7-9,14H,1-6H3. The molecule has 0 aliphatic rings. The number of nitrogens with zero attached hydrogens (tertiary/aromatic N) is 1. The van der Waals surface area contributed by atoms with Gasteiger partial charge in [0.05, 0.1) is 11.2 Å². The van der Waals surface area contributed by atoms with Crippen LogP contribution in [-0.2, 0) is 5.54 Å². The normalized spacial score (nSPS) is 12.8. The van der Waals surface area contributed by atoms with Gasteiger partial charge in [-0.2, -0.15) is 0 Å². The summed E-state index contributed by atoms with van der Waals surface area (Å²) in [7, 11) is 0. The van der Waals surface area contributed by atoms with E-state index in [1.807, 2.05) is 0 Å². The van der Waals surface area contributed by atoms with Gasteiger partial charge in [0.2, 0.25) is 0 Å². The maximum atomic E-state index is 4.69. The fourth-order valence-electron chi connectivity index (χ4n) is 1.62. The molecule has 0 atom stereocenters. The molecule has 0 saturated carbocycles.